The number of hydrogen-bond donors (Lipinski definition) is 1. The van der Waals surface area contributed by atoms with Crippen molar-refractivity contribution in [1.82, 2.24) is 0 Å². The van der Waals surface area contributed by atoms with Gasteiger partial charge in [-0.05, 0) is 30.5 Å². The lowest BCUT2D eigenvalue weighted by molar-refractivity contribution is -0.136. The topological polar surface area (TPSA) is 63.6 Å². The fraction of sp³-hybridized carbons (Fsp3) is 0.529. The molecule has 4 nitrogen and oxygen atoms in total. The first-order chi connectivity index (χ1) is 9.88. The summed E-state index contributed by atoms with van der Waals surface area (Å²) >= 11 is 0. The molecule has 1 aliphatic rings. The standard InChI is InChI=1S/C17H22O4/c1-10-7-17(20)15(9-16(10)19)11(2)13-5-4-6-14(8-13)21-12(3)18/h4-6,8,10-12,15,18H,7,9H2,1-3H3. The summed E-state index contributed by atoms with van der Waals surface area (Å²) < 4.78 is 5.26. The van der Waals surface area contributed by atoms with Crippen molar-refractivity contribution in [2.24, 2.45) is 11.8 Å². The number of rotatable bonds is 4. The minimum absolute atomic E-state index is 0.0356. The highest BCUT2D eigenvalue weighted by Crippen LogP contribution is 2.35. The second-order valence-corrected chi connectivity index (χ2v) is 5.93. The van der Waals surface area contributed by atoms with E-state index in [0.29, 0.717) is 18.6 Å². The van der Waals surface area contributed by atoms with E-state index in [2.05, 4.69) is 0 Å². The van der Waals surface area contributed by atoms with Crippen molar-refractivity contribution >= 4 is 11.6 Å². The quantitative estimate of drug-likeness (QED) is 0.866. The summed E-state index contributed by atoms with van der Waals surface area (Å²) in [5.74, 6) is 0.462. The number of benzene rings is 1. The SMILES string of the molecule is CC(O)Oc1cccc(C(C)C2CC(=O)C(C)CC2=O)c1. The van der Waals surface area contributed by atoms with E-state index >= 15 is 0 Å². The van der Waals surface area contributed by atoms with Gasteiger partial charge in [0.05, 0.1) is 0 Å². The average Bonchev–Trinajstić information content (AvgIpc) is 2.41. The Kier molecular flexibility index (Phi) is 4.78. The number of carbonyl (C=O) groups is 2. The van der Waals surface area contributed by atoms with Gasteiger partial charge in [0.25, 0.3) is 0 Å². The molecule has 0 bridgehead atoms. The molecule has 1 N–H and O–H groups in total. The van der Waals surface area contributed by atoms with Crippen LogP contribution in [0.4, 0.5) is 0 Å². The van der Waals surface area contributed by atoms with Gasteiger partial charge in [0.1, 0.15) is 17.3 Å². The van der Waals surface area contributed by atoms with Crippen molar-refractivity contribution in [3.8, 4) is 5.75 Å². The highest BCUT2D eigenvalue weighted by atomic mass is 16.6. The molecule has 114 valence electrons. The Morgan fingerprint density at radius 3 is 2.57 bits per heavy atom. The lowest BCUT2D eigenvalue weighted by Gasteiger charge is -2.29. The average molecular weight is 290 g/mol. The summed E-state index contributed by atoms with van der Waals surface area (Å²) in [5, 5.41) is 9.27. The fourth-order valence-corrected chi connectivity index (χ4v) is 2.85. The van der Waals surface area contributed by atoms with Crippen LogP contribution in [0.2, 0.25) is 0 Å². The van der Waals surface area contributed by atoms with Gasteiger partial charge in [0, 0.05) is 24.7 Å². The zero-order valence-electron chi connectivity index (χ0n) is 12.7. The molecule has 1 fully saturated rings. The van der Waals surface area contributed by atoms with Gasteiger partial charge in [-0.2, -0.15) is 0 Å². The molecule has 1 aliphatic carbocycles. The zero-order valence-corrected chi connectivity index (χ0v) is 12.7. The van der Waals surface area contributed by atoms with Crippen molar-refractivity contribution in [2.45, 2.75) is 45.8 Å². The molecular formula is C17H22O4. The maximum atomic E-state index is 12.2. The first kappa shape index (κ1) is 15.7. The van der Waals surface area contributed by atoms with E-state index in [9.17, 15) is 14.7 Å². The zero-order chi connectivity index (χ0) is 15.6. The number of Topliss-reactive ketones (excluding diaryl/α,β-unsaturated/α-hetero) is 2. The fourth-order valence-electron chi connectivity index (χ4n) is 2.85. The van der Waals surface area contributed by atoms with Crippen LogP contribution >= 0.6 is 0 Å². The maximum absolute atomic E-state index is 12.2. The van der Waals surface area contributed by atoms with Crippen molar-refractivity contribution in [2.75, 3.05) is 0 Å². The predicted octanol–water partition coefficient (Wildman–Crippen LogP) is 2.69. The van der Waals surface area contributed by atoms with E-state index in [1.165, 1.54) is 0 Å². The minimum Gasteiger partial charge on any atom is -0.465 e. The van der Waals surface area contributed by atoms with Crippen LogP contribution in [-0.4, -0.2) is 23.0 Å². The molecule has 0 heterocycles. The minimum atomic E-state index is -0.880. The Morgan fingerprint density at radius 1 is 1.19 bits per heavy atom. The highest BCUT2D eigenvalue weighted by molar-refractivity contribution is 5.96. The third kappa shape index (κ3) is 3.70. The van der Waals surface area contributed by atoms with Gasteiger partial charge in [-0.3, -0.25) is 9.59 Å². The molecule has 0 spiro atoms. The Balaban J connectivity index is 2.17. The van der Waals surface area contributed by atoms with Crippen molar-refractivity contribution in [1.29, 1.82) is 0 Å². The molecular weight excluding hydrogens is 268 g/mol. The molecule has 0 saturated heterocycles. The van der Waals surface area contributed by atoms with Crippen LogP contribution in [0.15, 0.2) is 24.3 Å². The summed E-state index contributed by atoms with van der Waals surface area (Å²) in [6.07, 6.45) is -0.213. The van der Waals surface area contributed by atoms with Crippen LogP contribution in [0.1, 0.15) is 45.1 Å². The van der Waals surface area contributed by atoms with Crippen molar-refractivity contribution < 1.29 is 19.4 Å². The molecule has 4 unspecified atom stereocenters. The predicted molar refractivity (Wildman–Crippen MR) is 79.1 cm³/mol. The van der Waals surface area contributed by atoms with Crippen LogP contribution in [0.3, 0.4) is 0 Å². The van der Waals surface area contributed by atoms with E-state index < -0.39 is 6.29 Å². The van der Waals surface area contributed by atoms with Crippen LogP contribution in [-0.2, 0) is 9.59 Å². The summed E-state index contributed by atoms with van der Waals surface area (Å²) in [7, 11) is 0. The number of hydrogen-bond acceptors (Lipinski definition) is 4. The molecule has 21 heavy (non-hydrogen) atoms. The Hall–Kier alpha value is -1.68. The molecule has 0 aromatic heterocycles. The Bertz CT molecular complexity index is 535. The van der Waals surface area contributed by atoms with E-state index in [0.717, 1.165) is 5.56 Å². The van der Waals surface area contributed by atoms with Crippen LogP contribution in [0, 0.1) is 11.8 Å². The smallest absolute Gasteiger partial charge is 0.194 e. The lowest BCUT2D eigenvalue weighted by Crippen LogP contribution is -2.33. The van der Waals surface area contributed by atoms with Gasteiger partial charge >= 0.3 is 0 Å². The van der Waals surface area contributed by atoms with Crippen LogP contribution < -0.4 is 4.74 Å². The third-order valence-electron chi connectivity index (χ3n) is 4.19. The molecule has 1 saturated carbocycles. The molecule has 4 atom stereocenters. The number of carbonyl (C=O) groups excluding carboxylic acids is 2. The lowest BCUT2D eigenvalue weighted by atomic mass is 9.73. The largest absolute Gasteiger partial charge is 0.465 e. The van der Waals surface area contributed by atoms with Crippen LogP contribution in [0.25, 0.3) is 0 Å². The van der Waals surface area contributed by atoms with E-state index in [1.807, 2.05) is 32.0 Å². The first-order valence-electron chi connectivity index (χ1n) is 7.38. The normalized spacial score (nSPS) is 25.5. The second kappa shape index (κ2) is 6.39. The number of ketones is 2. The Morgan fingerprint density at radius 2 is 1.90 bits per heavy atom. The maximum Gasteiger partial charge on any atom is 0.194 e. The van der Waals surface area contributed by atoms with E-state index in [-0.39, 0.29) is 29.3 Å². The number of aliphatic hydroxyl groups is 1. The van der Waals surface area contributed by atoms with E-state index in [4.69, 9.17) is 4.74 Å². The van der Waals surface area contributed by atoms with E-state index in [1.54, 1.807) is 13.0 Å². The monoisotopic (exact) mass is 290 g/mol. The van der Waals surface area contributed by atoms with Crippen LogP contribution in [0.5, 0.6) is 5.75 Å². The third-order valence-corrected chi connectivity index (χ3v) is 4.19. The Labute approximate surface area is 125 Å². The van der Waals surface area contributed by atoms with Gasteiger partial charge in [-0.1, -0.05) is 26.0 Å². The molecule has 0 radical (unpaired) electrons. The summed E-state index contributed by atoms with van der Waals surface area (Å²) in [4.78, 5) is 24.1. The molecule has 0 aliphatic heterocycles. The van der Waals surface area contributed by atoms with Gasteiger partial charge < -0.3 is 9.84 Å². The van der Waals surface area contributed by atoms with Gasteiger partial charge in [-0.25, -0.2) is 0 Å². The number of aliphatic hydroxyl groups excluding tert-OH is 1. The van der Waals surface area contributed by atoms with Gasteiger partial charge in [0.2, 0.25) is 0 Å². The summed E-state index contributed by atoms with van der Waals surface area (Å²) in [6.45, 7) is 5.33. The molecule has 1 aromatic carbocycles. The first-order valence-corrected chi connectivity index (χ1v) is 7.38. The van der Waals surface area contributed by atoms with Crippen molar-refractivity contribution in [3.05, 3.63) is 29.8 Å². The van der Waals surface area contributed by atoms with Crippen molar-refractivity contribution in [3.63, 3.8) is 0 Å². The molecule has 4 heteroatoms. The summed E-state index contributed by atoms with van der Waals surface area (Å²) in [6, 6.07) is 7.35. The molecule has 2 rings (SSSR count). The van der Waals surface area contributed by atoms with Gasteiger partial charge in [0.15, 0.2) is 6.29 Å². The second-order valence-electron chi connectivity index (χ2n) is 5.93. The van der Waals surface area contributed by atoms with Gasteiger partial charge in [-0.15, -0.1) is 0 Å². The highest BCUT2D eigenvalue weighted by Gasteiger charge is 2.35. The summed E-state index contributed by atoms with van der Waals surface area (Å²) in [5.41, 5.74) is 0.953. The number of ether oxygens (including phenoxy) is 1. The molecule has 0 amide bonds. The molecule has 1 aromatic rings.